The first-order chi connectivity index (χ1) is 14.1. The minimum atomic E-state index is -0.925. The Bertz CT molecular complexity index is 996. The zero-order valence-electron chi connectivity index (χ0n) is 16.5. The topological polar surface area (TPSA) is 35.5 Å². The van der Waals surface area contributed by atoms with Gasteiger partial charge in [0.1, 0.15) is 17.8 Å². The molecule has 1 heterocycles. The van der Waals surface area contributed by atoms with Crippen molar-refractivity contribution >= 4 is 5.97 Å². The second-order valence-electron chi connectivity index (χ2n) is 7.44. The van der Waals surface area contributed by atoms with E-state index in [9.17, 15) is 4.79 Å². The van der Waals surface area contributed by atoms with Crippen LogP contribution in [-0.4, -0.2) is 19.7 Å². The molecule has 4 rings (SSSR count). The van der Waals surface area contributed by atoms with Crippen LogP contribution in [0.25, 0.3) is 11.1 Å². The van der Waals surface area contributed by atoms with Gasteiger partial charge in [-0.05, 0) is 34.8 Å². The molecule has 0 spiro atoms. The van der Waals surface area contributed by atoms with Crippen LogP contribution >= 0.6 is 0 Å². The van der Waals surface area contributed by atoms with E-state index in [4.69, 9.17) is 9.47 Å². The van der Waals surface area contributed by atoms with Gasteiger partial charge in [-0.2, -0.15) is 0 Å². The van der Waals surface area contributed by atoms with Gasteiger partial charge in [0, 0.05) is 0 Å². The molecule has 1 saturated heterocycles. The molecule has 3 heteroatoms. The molecule has 3 nitrogen and oxygen atoms in total. The molecule has 2 aromatic carbocycles. The van der Waals surface area contributed by atoms with Gasteiger partial charge in [-0.15, -0.1) is 0 Å². The first-order valence-electron chi connectivity index (χ1n) is 9.74. The predicted molar refractivity (Wildman–Crippen MR) is 115 cm³/mol. The SMILES string of the molecule is C=C1COC2=CC=CC=C[C@H]2[C@@](C(=O)OC)(c2ccc(-c3ccccc3)cc2)C1. The van der Waals surface area contributed by atoms with Crippen LogP contribution in [0.15, 0.2) is 103 Å². The third-order valence-electron chi connectivity index (χ3n) is 5.65. The van der Waals surface area contributed by atoms with Crippen LogP contribution < -0.4 is 0 Å². The Morgan fingerprint density at radius 2 is 1.76 bits per heavy atom. The number of allylic oxidation sites excluding steroid dienone is 5. The third kappa shape index (κ3) is 3.44. The van der Waals surface area contributed by atoms with Gasteiger partial charge in [-0.1, -0.05) is 85.5 Å². The molecule has 0 bridgehead atoms. The van der Waals surface area contributed by atoms with Crippen LogP contribution in [0, 0.1) is 5.92 Å². The fourth-order valence-corrected chi connectivity index (χ4v) is 4.25. The lowest BCUT2D eigenvalue weighted by atomic mass is 9.66. The molecule has 0 radical (unpaired) electrons. The maximum Gasteiger partial charge on any atom is 0.317 e. The van der Waals surface area contributed by atoms with Crippen molar-refractivity contribution in [1.82, 2.24) is 0 Å². The van der Waals surface area contributed by atoms with Gasteiger partial charge in [0.2, 0.25) is 0 Å². The standard InChI is InChI=1S/C26H24O3/c1-19-17-26(25(27)28-2,23-11-7-4-8-12-24(23)29-18-19)22-15-13-21(14-16-22)20-9-5-3-6-10-20/h3-16,23H,1,17-18H2,2H3/t23-,26+/m1/s1. The highest BCUT2D eigenvalue weighted by molar-refractivity contribution is 5.85. The quantitative estimate of drug-likeness (QED) is 0.527. The van der Waals surface area contributed by atoms with Crippen LogP contribution in [0.3, 0.4) is 0 Å². The molecule has 1 aliphatic heterocycles. The largest absolute Gasteiger partial charge is 0.493 e. The van der Waals surface area contributed by atoms with E-state index in [0.29, 0.717) is 13.0 Å². The Morgan fingerprint density at radius 1 is 1.03 bits per heavy atom. The molecule has 146 valence electrons. The molecule has 29 heavy (non-hydrogen) atoms. The van der Waals surface area contributed by atoms with Crippen molar-refractivity contribution in [1.29, 1.82) is 0 Å². The van der Waals surface area contributed by atoms with Gasteiger partial charge in [-0.3, -0.25) is 4.79 Å². The van der Waals surface area contributed by atoms with Crippen LogP contribution in [0.2, 0.25) is 0 Å². The highest BCUT2D eigenvalue weighted by atomic mass is 16.5. The third-order valence-corrected chi connectivity index (χ3v) is 5.65. The normalized spacial score (nSPS) is 23.3. The first kappa shape index (κ1) is 19.0. The van der Waals surface area contributed by atoms with Crippen LogP contribution in [0.1, 0.15) is 12.0 Å². The van der Waals surface area contributed by atoms with E-state index in [1.165, 1.54) is 7.11 Å². The number of rotatable bonds is 3. The summed E-state index contributed by atoms with van der Waals surface area (Å²) in [6.07, 6.45) is 10.3. The molecule has 0 unspecified atom stereocenters. The van der Waals surface area contributed by atoms with Crippen molar-refractivity contribution < 1.29 is 14.3 Å². The number of carbonyl (C=O) groups excluding carboxylic acids is 1. The minimum Gasteiger partial charge on any atom is -0.493 e. The number of benzene rings is 2. The molecule has 0 aromatic heterocycles. The maximum absolute atomic E-state index is 13.3. The van der Waals surface area contributed by atoms with E-state index in [2.05, 4.69) is 30.8 Å². The average Bonchev–Trinajstić information content (AvgIpc) is 3.09. The molecular weight excluding hydrogens is 360 g/mol. The lowest BCUT2D eigenvalue weighted by molar-refractivity contribution is -0.149. The van der Waals surface area contributed by atoms with Crippen molar-refractivity contribution in [3.8, 4) is 11.1 Å². The minimum absolute atomic E-state index is 0.272. The Morgan fingerprint density at radius 3 is 2.48 bits per heavy atom. The van der Waals surface area contributed by atoms with E-state index in [1.807, 2.05) is 60.7 Å². The van der Waals surface area contributed by atoms with Crippen molar-refractivity contribution in [3.05, 3.63) is 108 Å². The van der Waals surface area contributed by atoms with Gasteiger partial charge >= 0.3 is 5.97 Å². The first-order valence-corrected chi connectivity index (χ1v) is 9.74. The summed E-state index contributed by atoms with van der Waals surface area (Å²) in [5.41, 5.74) is 3.09. The van der Waals surface area contributed by atoms with Gasteiger partial charge in [0.15, 0.2) is 0 Å². The van der Waals surface area contributed by atoms with Crippen molar-refractivity contribution in [2.75, 3.05) is 13.7 Å². The Kier molecular flexibility index (Phi) is 5.22. The molecular formula is C26H24O3. The number of methoxy groups -OCH3 is 1. The van der Waals surface area contributed by atoms with Gasteiger partial charge in [-0.25, -0.2) is 0 Å². The number of fused-ring (bicyclic) bond motifs is 1. The maximum atomic E-state index is 13.3. The van der Waals surface area contributed by atoms with E-state index < -0.39 is 5.41 Å². The summed E-state index contributed by atoms with van der Waals surface area (Å²) in [5.74, 6) is 0.206. The Labute approximate surface area is 171 Å². The Balaban J connectivity index is 1.86. The predicted octanol–water partition coefficient (Wildman–Crippen LogP) is 5.37. The highest BCUT2D eigenvalue weighted by Gasteiger charge is 2.51. The fraction of sp³-hybridized carbons (Fsp3) is 0.192. The summed E-state index contributed by atoms with van der Waals surface area (Å²) >= 11 is 0. The molecule has 0 amide bonds. The summed E-state index contributed by atoms with van der Waals surface area (Å²) in [6, 6.07) is 18.4. The monoisotopic (exact) mass is 384 g/mol. The Hall–Kier alpha value is -3.33. The molecule has 0 N–H and O–H groups in total. The molecule has 0 saturated carbocycles. The second-order valence-corrected chi connectivity index (χ2v) is 7.44. The summed E-state index contributed by atoms with van der Waals surface area (Å²) in [5, 5.41) is 0. The molecule has 2 aromatic rings. The molecule has 1 fully saturated rings. The number of hydrogen-bond donors (Lipinski definition) is 0. The van der Waals surface area contributed by atoms with E-state index in [1.54, 1.807) is 0 Å². The van der Waals surface area contributed by atoms with E-state index in [0.717, 1.165) is 28.0 Å². The van der Waals surface area contributed by atoms with Crippen molar-refractivity contribution in [2.24, 2.45) is 5.92 Å². The molecule has 2 aliphatic rings. The molecule has 2 atom stereocenters. The number of ether oxygens (including phenoxy) is 2. The summed E-state index contributed by atoms with van der Waals surface area (Å²) in [6.45, 7) is 4.55. The zero-order chi connectivity index (χ0) is 20.3. The average molecular weight is 384 g/mol. The summed E-state index contributed by atoms with van der Waals surface area (Å²) in [4.78, 5) is 13.3. The van der Waals surface area contributed by atoms with Crippen molar-refractivity contribution in [2.45, 2.75) is 11.8 Å². The molecule has 1 aliphatic carbocycles. The lowest BCUT2D eigenvalue weighted by Crippen LogP contribution is -2.43. The summed E-state index contributed by atoms with van der Waals surface area (Å²) < 4.78 is 11.4. The second kappa shape index (κ2) is 7.96. The van der Waals surface area contributed by atoms with E-state index >= 15 is 0 Å². The van der Waals surface area contributed by atoms with Crippen LogP contribution in [0.5, 0.6) is 0 Å². The number of esters is 1. The van der Waals surface area contributed by atoms with Crippen LogP contribution in [-0.2, 0) is 19.7 Å². The number of carbonyl (C=O) groups is 1. The smallest absolute Gasteiger partial charge is 0.317 e. The zero-order valence-corrected chi connectivity index (χ0v) is 16.5. The van der Waals surface area contributed by atoms with Crippen LogP contribution in [0.4, 0.5) is 0 Å². The summed E-state index contributed by atoms with van der Waals surface area (Å²) in [7, 11) is 1.44. The van der Waals surface area contributed by atoms with Gasteiger partial charge < -0.3 is 9.47 Å². The fourth-order valence-electron chi connectivity index (χ4n) is 4.25. The van der Waals surface area contributed by atoms with Crippen molar-refractivity contribution in [3.63, 3.8) is 0 Å². The number of hydrogen-bond acceptors (Lipinski definition) is 3. The van der Waals surface area contributed by atoms with Gasteiger partial charge in [0.25, 0.3) is 0 Å². The van der Waals surface area contributed by atoms with E-state index in [-0.39, 0.29) is 11.9 Å². The lowest BCUT2D eigenvalue weighted by Gasteiger charge is -2.36. The highest BCUT2D eigenvalue weighted by Crippen LogP contribution is 2.47. The van der Waals surface area contributed by atoms with Gasteiger partial charge in [0.05, 0.1) is 13.0 Å².